The molecule has 0 aliphatic carbocycles. The van der Waals surface area contributed by atoms with E-state index >= 15 is 0 Å². The van der Waals surface area contributed by atoms with E-state index in [1.165, 1.54) is 11.8 Å². The Morgan fingerprint density at radius 2 is 2.44 bits per heavy atom. The van der Waals surface area contributed by atoms with E-state index in [0.29, 0.717) is 6.54 Å². The number of anilines is 2. The molecule has 0 bridgehead atoms. The maximum atomic E-state index is 12.8. The monoisotopic (exact) mass is 286 g/mol. The number of carbonyl (C=O) groups excluding carboxylic acids is 1. The van der Waals surface area contributed by atoms with Gasteiger partial charge in [-0.2, -0.15) is 0 Å². The maximum Gasteiger partial charge on any atom is 0.224 e. The van der Waals surface area contributed by atoms with E-state index in [1.807, 2.05) is 18.2 Å². The van der Waals surface area contributed by atoms with Crippen molar-refractivity contribution in [1.82, 2.24) is 0 Å². The minimum absolute atomic E-state index is 0.132. The van der Waals surface area contributed by atoms with Crippen molar-refractivity contribution >= 4 is 33.2 Å². The van der Waals surface area contributed by atoms with Crippen LogP contribution in [0.2, 0.25) is 0 Å². The summed E-state index contributed by atoms with van der Waals surface area (Å²) in [5.41, 5.74) is 1.60. The molecule has 1 N–H and O–H groups in total. The molecule has 16 heavy (non-hydrogen) atoms. The Labute approximate surface area is 102 Å². The molecule has 3 nitrogen and oxygen atoms in total. The first-order valence-electron chi connectivity index (χ1n) is 5.02. The van der Waals surface area contributed by atoms with Gasteiger partial charge in [0.25, 0.3) is 0 Å². The van der Waals surface area contributed by atoms with Gasteiger partial charge in [0.05, 0.1) is 17.4 Å². The summed E-state index contributed by atoms with van der Waals surface area (Å²) in [6.07, 6.45) is 0. The highest BCUT2D eigenvalue weighted by molar-refractivity contribution is 9.10. The first kappa shape index (κ1) is 11.4. The number of carbonyl (C=O) groups is 1. The molecule has 1 amide bonds. The van der Waals surface area contributed by atoms with E-state index in [-0.39, 0.29) is 5.91 Å². The van der Waals surface area contributed by atoms with Crippen LogP contribution in [0.5, 0.6) is 0 Å². The van der Waals surface area contributed by atoms with Crippen LogP contribution in [-0.2, 0) is 4.79 Å². The van der Waals surface area contributed by atoms with Crippen molar-refractivity contribution in [2.24, 2.45) is 0 Å². The molecule has 0 saturated heterocycles. The molecular formula is C11H12BrFN2O. The lowest BCUT2D eigenvalue weighted by Crippen LogP contribution is -2.48. The van der Waals surface area contributed by atoms with Gasteiger partial charge in [-0.3, -0.25) is 4.79 Å². The summed E-state index contributed by atoms with van der Waals surface area (Å²) >= 11 is 3.36. The maximum absolute atomic E-state index is 12.8. The first-order valence-corrected chi connectivity index (χ1v) is 5.82. The van der Waals surface area contributed by atoms with E-state index in [2.05, 4.69) is 21.2 Å². The fourth-order valence-corrected chi connectivity index (χ4v) is 2.29. The average molecular weight is 287 g/mol. The zero-order valence-electron chi connectivity index (χ0n) is 8.84. The van der Waals surface area contributed by atoms with Gasteiger partial charge in [0.1, 0.15) is 6.67 Å². The molecule has 0 spiro atoms. The fourth-order valence-electron chi connectivity index (χ4n) is 1.93. The van der Waals surface area contributed by atoms with Crippen molar-refractivity contribution in [2.75, 3.05) is 23.4 Å². The van der Waals surface area contributed by atoms with Gasteiger partial charge >= 0.3 is 0 Å². The Kier molecular flexibility index (Phi) is 3.14. The number of alkyl halides is 1. The van der Waals surface area contributed by atoms with Gasteiger partial charge in [-0.15, -0.1) is 0 Å². The van der Waals surface area contributed by atoms with Crippen LogP contribution in [0.4, 0.5) is 15.8 Å². The molecule has 1 aliphatic rings. The number of halogens is 2. The van der Waals surface area contributed by atoms with Crippen LogP contribution in [-0.4, -0.2) is 25.2 Å². The molecule has 5 heteroatoms. The standard InChI is InChI=1S/C11H12BrFN2O/c1-7(16)15-9(5-13)6-14-10-4-8(12)2-3-11(10)15/h2-4,9,14H,5-6H2,1H3. The number of nitrogens with zero attached hydrogens (tertiary/aromatic N) is 1. The van der Waals surface area contributed by atoms with Crippen LogP contribution in [0.15, 0.2) is 22.7 Å². The molecule has 0 saturated carbocycles. The normalized spacial score (nSPS) is 18.9. The van der Waals surface area contributed by atoms with Crippen LogP contribution in [0.25, 0.3) is 0 Å². The average Bonchev–Trinajstić information content (AvgIpc) is 2.26. The van der Waals surface area contributed by atoms with Crippen molar-refractivity contribution in [3.63, 3.8) is 0 Å². The Bertz CT molecular complexity index is 424. The topological polar surface area (TPSA) is 32.3 Å². The highest BCUT2D eigenvalue weighted by Crippen LogP contribution is 2.33. The zero-order valence-corrected chi connectivity index (χ0v) is 10.4. The molecule has 1 atom stereocenters. The van der Waals surface area contributed by atoms with Crippen LogP contribution < -0.4 is 10.2 Å². The van der Waals surface area contributed by atoms with Crippen LogP contribution in [0.3, 0.4) is 0 Å². The minimum Gasteiger partial charge on any atom is -0.381 e. The summed E-state index contributed by atoms with van der Waals surface area (Å²) in [6, 6.07) is 5.14. The molecule has 1 aromatic carbocycles. The smallest absolute Gasteiger partial charge is 0.224 e. The predicted octanol–water partition coefficient (Wildman–Crippen LogP) is 2.57. The summed E-state index contributed by atoms with van der Waals surface area (Å²) < 4.78 is 13.8. The summed E-state index contributed by atoms with van der Waals surface area (Å²) in [5.74, 6) is -0.132. The van der Waals surface area contributed by atoms with Gasteiger partial charge in [-0.1, -0.05) is 15.9 Å². The first-order chi connectivity index (χ1) is 7.63. The predicted molar refractivity (Wildman–Crippen MR) is 65.6 cm³/mol. The van der Waals surface area contributed by atoms with Gasteiger partial charge in [0.15, 0.2) is 0 Å². The summed E-state index contributed by atoms with van der Waals surface area (Å²) in [5, 5.41) is 3.13. The summed E-state index contributed by atoms with van der Waals surface area (Å²) in [4.78, 5) is 13.0. The fraction of sp³-hybridized carbons (Fsp3) is 0.364. The molecule has 86 valence electrons. The van der Waals surface area contributed by atoms with Gasteiger partial charge in [0, 0.05) is 17.9 Å². The third-order valence-electron chi connectivity index (χ3n) is 2.63. The van der Waals surface area contributed by atoms with Crippen LogP contribution in [0, 0.1) is 0 Å². The number of fused-ring (bicyclic) bond motifs is 1. The number of nitrogens with one attached hydrogen (secondary N) is 1. The van der Waals surface area contributed by atoms with Gasteiger partial charge in [0.2, 0.25) is 5.91 Å². The molecular weight excluding hydrogens is 275 g/mol. The van der Waals surface area contributed by atoms with Gasteiger partial charge in [-0.25, -0.2) is 4.39 Å². The molecule has 1 aliphatic heterocycles. The Balaban J connectivity index is 2.45. The highest BCUT2D eigenvalue weighted by Gasteiger charge is 2.28. The third-order valence-corrected chi connectivity index (χ3v) is 3.12. The Hall–Kier alpha value is -1.10. The Morgan fingerprint density at radius 1 is 1.69 bits per heavy atom. The number of hydrogen-bond acceptors (Lipinski definition) is 2. The molecule has 1 unspecified atom stereocenters. The Morgan fingerprint density at radius 3 is 3.06 bits per heavy atom. The number of hydrogen-bond donors (Lipinski definition) is 1. The summed E-state index contributed by atoms with van der Waals surface area (Å²) in [7, 11) is 0. The van der Waals surface area contributed by atoms with E-state index in [1.54, 1.807) is 0 Å². The van der Waals surface area contributed by atoms with E-state index < -0.39 is 12.7 Å². The van der Waals surface area contributed by atoms with Crippen molar-refractivity contribution in [2.45, 2.75) is 13.0 Å². The second-order valence-electron chi connectivity index (χ2n) is 3.74. The van der Waals surface area contributed by atoms with E-state index in [0.717, 1.165) is 15.8 Å². The summed E-state index contributed by atoms with van der Waals surface area (Å²) in [6.45, 7) is 1.36. The minimum atomic E-state index is -0.540. The van der Waals surface area contributed by atoms with Crippen molar-refractivity contribution in [1.29, 1.82) is 0 Å². The van der Waals surface area contributed by atoms with Crippen molar-refractivity contribution in [3.8, 4) is 0 Å². The van der Waals surface area contributed by atoms with E-state index in [9.17, 15) is 9.18 Å². The van der Waals surface area contributed by atoms with Gasteiger partial charge in [-0.05, 0) is 18.2 Å². The third kappa shape index (κ3) is 1.91. The quantitative estimate of drug-likeness (QED) is 0.861. The zero-order chi connectivity index (χ0) is 11.7. The highest BCUT2D eigenvalue weighted by atomic mass is 79.9. The number of rotatable bonds is 1. The number of benzene rings is 1. The second-order valence-corrected chi connectivity index (χ2v) is 4.66. The molecule has 2 rings (SSSR count). The van der Waals surface area contributed by atoms with Crippen LogP contribution >= 0.6 is 15.9 Å². The lowest BCUT2D eigenvalue weighted by molar-refractivity contribution is -0.117. The SMILES string of the molecule is CC(=O)N1c2ccc(Br)cc2NCC1CF. The van der Waals surface area contributed by atoms with E-state index in [4.69, 9.17) is 0 Å². The largest absolute Gasteiger partial charge is 0.381 e. The molecule has 1 aromatic rings. The van der Waals surface area contributed by atoms with Crippen molar-refractivity contribution < 1.29 is 9.18 Å². The van der Waals surface area contributed by atoms with Gasteiger partial charge < -0.3 is 10.2 Å². The molecule has 0 fully saturated rings. The van der Waals surface area contributed by atoms with Crippen LogP contribution in [0.1, 0.15) is 6.92 Å². The second kappa shape index (κ2) is 4.41. The molecule has 1 heterocycles. The van der Waals surface area contributed by atoms with Crippen molar-refractivity contribution in [3.05, 3.63) is 22.7 Å². The number of amides is 1. The molecule has 0 radical (unpaired) electrons. The lowest BCUT2D eigenvalue weighted by Gasteiger charge is -2.35. The lowest BCUT2D eigenvalue weighted by atomic mass is 10.1. The molecule has 0 aromatic heterocycles.